The second kappa shape index (κ2) is 6.35. The van der Waals surface area contributed by atoms with Gasteiger partial charge >= 0.3 is 0 Å². The van der Waals surface area contributed by atoms with Crippen LogP contribution in [0, 0.1) is 0 Å². The van der Waals surface area contributed by atoms with E-state index in [1.807, 2.05) is 32.0 Å². The number of hydrogen-bond acceptors (Lipinski definition) is 3. The molecule has 0 saturated heterocycles. The number of hydrogen-bond donors (Lipinski definition) is 2. The Balaban J connectivity index is 2.48. The van der Waals surface area contributed by atoms with E-state index in [0.717, 1.165) is 5.69 Å². The second-order valence-corrected chi connectivity index (χ2v) is 4.70. The molecule has 0 atom stereocenters. The molecule has 2 N–H and O–H groups in total. The largest absolute Gasteiger partial charge is 0.396 e. The number of nitrogens with zero attached hydrogens (tertiary/aromatic N) is 1. The summed E-state index contributed by atoms with van der Waals surface area (Å²) >= 11 is 0. The minimum Gasteiger partial charge on any atom is -0.396 e. The average molecular weight is 236 g/mol. The van der Waals surface area contributed by atoms with Crippen molar-refractivity contribution in [2.45, 2.75) is 32.1 Å². The Morgan fingerprint density at radius 2 is 2.24 bits per heavy atom. The maximum absolute atomic E-state index is 11.4. The molecule has 0 fully saturated rings. The molecule has 0 radical (unpaired) electrons. The highest BCUT2D eigenvalue weighted by Crippen LogP contribution is 2.19. The van der Waals surface area contributed by atoms with Gasteiger partial charge in [0, 0.05) is 36.9 Å². The minimum atomic E-state index is -0.184. The predicted molar refractivity (Wildman–Crippen MR) is 66.6 cm³/mol. The van der Waals surface area contributed by atoms with E-state index in [4.69, 9.17) is 5.11 Å². The van der Waals surface area contributed by atoms with Gasteiger partial charge in [-0.1, -0.05) is 19.9 Å². The Morgan fingerprint density at radius 1 is 1.47 bits per heavy atom. The first-order valence-corrected chi connectivity index (χ1v) is 5.85. The second-order valence-electron chi connectivity index (χ2n) is 4.70. The number of carbonyl (C=O) groups excluding carboxylic acids is 1. The van der Waals surface area contributed by atoms with Gasteiger partial charge in [-0.05, 0) is 18.6 Å². The summed E-state index contributed by atoms with van der Waals surface area (Å²) in [5.41, 5.74) is 0.776. The van der Waals surface area contributed by atoms with Gasteiger partial charge in [-0.2, -0.15) is 0 Å². The lowest BCUT2D eigenvalue weighted by atomic mass is 9.88. The van der Waals surface area contributed by atoms with Crippen LogP contribution in [-0.2, 0) is 10.2 Å². The molecule has 0 bridgehead atoms. The Bertz CT molecular complexity index is 350. The normalized spacial score (nSPS) is 11.2. The molecule has 0 aliphatic carbocycles. The number of carbonyl (C=O) groups is 1. The van der Waals surface area contributed by atoms with Gasteiger partial charge in [0.25, 0.3) is 0 Å². The van der Waals surface area contributed by atoms with Crippen LogP contribution in [0.1, 0.15) is 32.4 Å². The summed E-state index contributed by atoms with van der Waals surface area (Å²) in [5.74, 6) is -0.0249. The van der Waals surface area contributed by atoms with Gasteiger partial charge in [0.05, 0.1) is 0 Å². The first kappa shape index (κ1) is 13.6. The van der Waals surface area contributed by atoms with Crippen molar-refractivity contribution in [1.29, 1.82) is 0 Å². The van der Waals surface area contributed by atoms with Crippen LogP contribution in [0.3, 0.4) is 0 Å². The van der Waals surface area contributed by atoms with Gasteiger partial charge in [0.2, 0.25) is 5.91 Å². The molecule has 17 heavy (non-hydrogen) atoms. The number of nitrogens with one attached hydrogen (secondary N) is 1. The van der Waals surface area contributed by atoms with Crippen LogP contribution in [0.25, 0.3) is 0 Å². The number of amides is 1. The topological polar surface area (TPSA) is 62.2 Å². The van der Waals surface area contributed by atoms with E-state index >= 15 is 0 Å². The van der Waals surface area contributed by atoms with Crippen LogP contribution in [0.2, 0.25) is 0 Å². The quantitative estimate of drug-likeness (QED) is 0.781. The fourth-order valence-corrected chi connectivity index (χ4v) is 1.50. The zero-order chi connectivity index (χ0) is 12.7. The van der Waals surface area contributed by atoms with E-state index < -0.39 is 0 Å². The zero-order valence-electron chi connectivity index (χ0n) is 10.4. The summed E-state index contributed by atoms with van der Waals surface area (Å²) in [6, 6.07) is 5.77. The van der Waals surface area contributed by atoms with Gasteiger partial charge in [-0.3, -0.25) is 9.78 Å². The summed E-state index contributed by atoms with van der Waals surface area (Å²) in [6.45, 7) is 4.69. The minimum absolute atomic E-state index is 0.0249. The van der Waals surface area contributed by atoms with Crippen LogP contribution in [0.4, 0.5) is 0 Å². The van der Waals surface area contributed by atoms with Crippen molar-refractivity contribution >= 4 is 5.91 Å². The van der Waals surface area contributed by atoms with Crippen LogP contribution in [0.5, 0.6) is 0 Å². The smallest absolute Gasteiger partial charge is 0.220 e. The first-order chi connectivity index (χ1) is 8.06. The van der Waals surface area contributed by atoms with E-state index in [0.29, 0.717) is 19.4 Å². The maximum Gasteiger partial charge on any atom is 0.220 e. The molecular weight excluding hydrogens is 216 g/mol. The fraction of sp³-hybridized carbons (Fsp3) is 0.538. The summed E-state index contributed by atoms with van der Waals surface area (Å²) in [7, 11) is 0. The van der Waals surface area contributed by atoms with Crippen molar-refractivity contribution in [3.8, 4) is 0 Å². The number of pyridine rings is 1. The molecular formula is C13H20N2O2. The van der Waals surface area contributed by atoms with Gasteiger partial charge < -0.3 is 10.4 Å². The standard InChI is InChI=1S/C13H20N2O2/c1-13(2,11-6-3-4-8-14-11)10-15-12(17)7-5-9-16/h3-4,6,8,16H,5,7,9-10H2,1-2H3,(H,15,17). The van der Waals surface area contributed by atoms with Gasteiger partial charge in [-0.25, -0.2) is 0 Å². The summed E-state index contributed by atoms with van der Waals surface area (Å²) < 4.78 is 0. The van der Waals surface area contributed by atoms with E-state index in [2.05, 4.69) is 10.3 Å². The molecule has 0 aliphatic rings. The highest BCUT2D eigenvalue weighted by Gasteiger charge is 2.22. The van der Waals surface area contributed by atoms with Gasteiger partial charge in [0.1, 0.15) is 0 Å². The average Bonchev–Trinajstić information content (AvgIpc) is 2.35. The maximum atomic E-state index is 11.4. The fourth-order valence-electron chi connectivity index (χ4n) is 1.50. The third-order valence-corrected chi connectivity index (χ3v) is 2.65. The van der Waals surface area contributed by atoms with E-state index in [1.54, 1.807) is 6.20 Å². The molecule has 0 saturated carbocycles. The van der Waals surface area contributed by atoms with Crippen LogP contribution in [0.15, 0.2) is 24.4 Å². The van der Waals surface area contributed by atoms with E-state index in [1.165, 1.54) is 0 Å². The molecule has 1 rings (SSSR count). The zero-order valence-corrected chi connectivity index (χ0v) is 10.4. The highest BCUT2D eigenvalue weighted by molar-refractivity contribution is 5.75. The van der Waals surface area contributed by atoms with Crippen molar-refractivity contribution in [3.63, 3.8) is 0 Å². The molecule has 1 aromatic heterocycles. The molecule has 0 aromatic carbocycles. The Labute approximate surface area is 102 Å². The summed E-state index contributed by atoms with van der Waals surface area (Å²) in [5, 5.41) is 11.5. The number of aliphatic hydroxyl groups excluding tert-OH is 1. The van der Waals surface area contributed by atoms with Crippen molar-refractivity contribution in [2.75, 3.05) is 13.2 Å². The summed E-state index contributed by atoms with van der Waals surface area (Å²) in [6.07, 6.45) is 2.63. The highest BCUT2D eigenvalue weighted by atomic mass is 16.3. The van der Waals surface area contributed by atoms with Crippen LogP contribution < -0.4 is 5.32 Å². The lowest BCUT2D eigenvalue weighted by Crippen LogP contribution is -2.37. The molecule has 1 heterocycles. The SMILES string of the molecule is CC(C)(CNC(=O)CCCO)c1ccccn1. The van der Waals surface area contributed by atoms with E-state index in [-0.39, 0.29) is 17.9 Å². The third-order valence-electron chi connectivity index (χ3n) is 2.65. The molecule has 4 nitrogen and oxygen atoms in total. The molecule has 0 unspecified atom stereocenters. The number of rotatable bonds is 6. The molecule has 1 aromatic rings. The van der Waals surface area contributed by atoms with Crippen molar-refractivity contribution in [2.24, 2.45) is 0 Å². The predicted octanol–water partition coefficient (Wildman–Crippen LogP) is 1.25. The molecule has 4 heteroatoms. The Kier molecular flexibility index (Phi) is 5.10. The Morgan fingerprint density at radius 3 is 2.82 bits per heavy atom. The molecule has 94 valence electrons. The third kappa shape index (κ3) is 4.53. The van der Waals surface area contributed by atoms with Crippen LogP contribution in [-0.4, -0.2) is 29.1 Å². The lowest BCUT2D eigenvalue weighted by molar-refractivity contribution is -0.121. The summed E-state index contributed by atoms with van der Waals surface area (Å²) in [4.78, 5) is 15.7. The van der Waals surface area contributed by atoms with E-state index in [9.17, 15) is 4.79 Å². The molecule has 0 aliphatic heterocycles. The van der Waals surface area contributed by atoms with Crippen LogP contribution >= 0.6 is 0 Å². The van der Waals surface area contributed by atoms with Gasteiger partial charge in [0.15, 0.2) is 0 Å². The van der Waals surface area contributed by atoms with Crippen molar-refractivity contribution < 1.29 is 9.90 Å². The molecule has 0 spiro atoms. The number of aromatic nitrogens is 1. The van der Waals surface area contributed by atoms with Crippen molar-refractivity contribution in [3.05, 3.63) is 30.1 Å². The first-order valence-electron chi connectivity index (χ1n) is 5.85. The Hall–Kier alpha value is -1.42. The van der Waals surface area contributed by atoms with Gasteiger partial charge in [-0.15, -0.1) is 0 Å². The van der Waals surface area contributed by atoms with Crippen molar-refractivity contribution in [1.82, 2.24) is 10.3 Å². The molecule has 1 amide bonds. The number of aliphatic hydroxyl groups is 1. The monoisotopic (exact) mass is 236 g/mol. The lowest BCUT2D eigenvalue weighted by Gasteiger charge is -2.24.